The molecule has 1 atom stereocenters. The molecule has 9 nitrogen and oxygen atoms in total. The molecule has 1 N–H and O–H groups in total. The first-order chi connectivity index (χ1) is 15.6. The summed E-state index contributed by atoms with van der Waals surface area (Å²) in [5, 5.41) is 11.6. The largest absolute Gasteiger partial charge is 0.502 e. The number of nitrogens with zero attached hydrogens (tertiary/aromatic N) is 3. The lowest BCUT2D eigenvalue weighted by Crippen LogP contribution is -2.59. The van der Waals surface area contributed by atoms with Gasteiger partial charge in [-0.1, -0.05) is 6.07 Å². The molecule has 1 aromatic carbocycles. The van der Waals surface area contributed by atoms with Crippen molar-refractivity contribution >= 4 is 17.6 Å². The van der Waals surface area contributed by atoms with Gasteiger partial charge in [0.1, 0.15) is 18.3 Å². The number of ketones is 1. The van der Waals surface area contributed by atoms with E-state index in [1.54, 1.807) is 6.92 Å². The zero-order valence-corrected chi connectivity index (χ0v) is 18.3. The average Bonchev–Trinajstić information content (AvgIpc) is 2.75. The van der Waals surface area contributed by atoms with Crippen LogP contribution in [-0.4, -0.2) is 58.7 Å². The maximum Gasteiger partial charge on any atom is 0.278 e. The monoisotopic (exact) mass is 463 g/mol. The van der Waals surface area contributed by atoms with Crippen LogP contribution in [0.4, 0.5) is 8.78 Å². The van der Waals surface area contributed by atoms with Crippen molar-refractivity contribution in [3.63, 3.8) is 0 Å². The smallest absolute Gasteiger partial charge is 0.278 e. The van der Waals surface area contributed by atoms with Gasteiger partial charge in [-0.15, -0.1) is 0 Å². The first-order valence-electron chi connectivity index (χ1n) is 10.1. The maximum absolute atomic E-state index is 13.9. The molecule has 1 aliphatic rings. The van der Waals surface area contributed by atoms with Gasteiger partial charge in [-0.2, -0.15) is 0 Å². The van der Waals surface area contributed by atoms with Gasteiger partial charge in [-0.25, -0.2) is 18.5 Å². The highest BCUT2D eigenvalue weighted by atomic mass is 19.1. The third-order valence-electron chi connectivity index (χ3n) is 5.41. The summed E-state index contributed by atoms with van der Waals surface area (Å²) in [6, 6.07) is 2.46. The van der Waals surface area contributed by atoms with Gasteiger partial charge < -0.3 is 14.7 Å². The van der Waals surface area contributed by atoms with E-state index in [0.29, 0.717) is 6.07 Å². The van der Waals surface area contributed by atoms with Gasteiger partial charge >= 0.3 is 0 Å². The molecule has 0 fully saturated rings. The molecule has 3 rings (SSSR count). The Hall–Kier alpha value is -3.60. The fraction of sp³-hybridized carbons (Fsp3) is 0.364. The SMILES string of the molecule is COC[C@H](C)N1CN(C(C)=O)n2cc(C(=O)CCc3ccc(F)cc3F)c(=O)c(O)c2C1=O. The van der Waals surface area contributed by atoms with Crippen LogP contribution < -0.4 is 10.4 Å². The predicted molar refractivity (Wildman–Crippen MR) is 113 cm³/mol. The zero-order chi connectivity index (χ0) is 24.4. The molecule has 2 amide bonds. The molecule has 0 bridgehead atoms. The number of aromatic nitrogens is 1. The fourth-order valence-corrected chi connectivity index (χ4v) is 3.62. The zero-order valence-electron chi connectivity index (χ0n) is 18.3. The number of amides is 2. The molecule has 176 valence electrons. The van der Waals surface area contributed by atoms with E-state index in [9.17, 15) is 33.1 Å². The second kappa shape index (κ2) is 9.49. The molecule has 0 saturated carbocycles. The number of pyridine rings is 1. The number of rotatable bonds is 7. The second-order valence-corrected chi connectivity index (χ2v) is 7.71. The van der Waals surface area contributed by atoms with Crippen molar-refractivity contribution < 1.29 is 33.0 Å². The van der Waals surface area contributed by atoms with Crippen molar-refractivity contribution in [2.75, 3.05) is 25.4 Å². The predicted octanol–water partition coefficient (Wildman–Crippen LogP) is 1.58. The average molecular weight is 463 g/mol. The third-order valence-corrected chi connectivity index (χ3v) is 5.41. The van der Waals surface area contributed by atoms with Gasteiger partial charge in [0, 0.05) is 32.7 Å². The van der Waals surface area contributed by atoms with E-state index in [4.69, 9.17) is 4.74 Å². The lowest BCUT2D eigenvalue weighted by Gasteiger charge is -2.40. The van der Waals surface area contributed by atoms with Crippen LogP contribution in [0.5, 0.6) is 5.75 Å². The van der Waals surface area contributed by atoms with Crippen LogP contribution in [0.25, 0.3) is 0 Å². The van der Waals surface area contributed by atoms with E-state index in [-0.39, 0.29) is 31.7 Å². The second-order valence-electron chi connectivity index (χ2n) is 7.71. The summed E-state index contributed by atoms with van der Waals surface area (Å²) in [7, 11) is 1.44. The summed E-state index contributed by atoms with van der Waals surface area (Å²) in [6.07, 6.45) is 0.588. The van der Waals surface area contributed by atoms with Crippen molar-refractivity contribution in [1.82, 2.24) is 9.58 Å². The number of carbonyl (C=O) groups excluding carboxylic acids is 3. The normalized spacial score (nSPS) is 14.3. The summed E-state index contributed by atoms with van der Waals surface area (Å²) in [5.74, 6) is -4.51. The molecule has 0 aliphatic carbocycles. The quantitative estimate of drug-likeness (QED) is 0.625. The Bertz CT molecular complexity index is 1180. The van der Waals surface area contributed by atoms with Crippen LogP contribution >= 0.6 is 0 Å². The van der Waals surface area contributed by atoms with Gasteiger partial charge in [-0.05, 0) is 25.0 Å². The van der Waals surface area contributed by atoms with E-state index >= 15 is 0 Å². The van der Waals surface area contributed by atoms with Crippen LogP contribution in [0.2, 0.25) is 0 Å². The number of methoxy groups -OCH3 is 1. The Morgan fingerprint density at radius 2 is 1.94 bits per heavy atom. The molecule has 0 radical (unpaired) electrons. The van der Waals surface area contributed by atoms with E-state index < -0.39 is 57.7 Å². The molecular weight excluding hydrogens is 440 g/mol. The lowest BCUT2D eigenvalue weighted by atomic mass is 10.0. The molecule has 2 aromatic rings. The number of aryl methyl sites for hydroxylation is 1. The van der Waals surface area contributed by atoms with Crippen LogP contribution in [-0.2, 0) is 16.0 Å². The van der Waals surface area contributed by atoms with E-state index in [2.05, 4.69) is 0 Å². The number of ether oxygens (including phenoxy) is 1. The Kier molecular flexibility index (Phi) is 6.92. The minimum atomic E-state index is -1.08. The number of halogens is 2. The van der Waals surface area contributed by atoms with E-state index in [1.807, 2.05) is 0 Å². The van der Waals surface area contributed by atoms with Gasteiger partial charge in [-0.3, -0.25) is 19.2 Å². The molecule has 1 aromatic heterocycles. The van der Waals surface area contributed by atoms with Gasteiger partial charge in [0.25, 0.3) is 5.91 Å². The number of hydrogen-bond donors (Lipinski definition) is 1. The van der Waals surface area contributed by atoms with Crippen LogP contribution in [0.15, 0.2) is 29.2 Å². The molecule has 0 spiro atoms. The Balaban J connectivity index is 1.98. The molecule has 11 heteroatoms. The van der Waals surface area contributed by atoms with Gasteiger partial charge in [0.15, 0.2) is 17.2 Å². The highest BCUT2D eigenvalue weighted by Crippen LogP contribution is 2.24. The summed E-state index contributed by atoms with van der Waals surface area (Å²) >= 11 is 0. The maximum atomic E-state index is 13.9. The number of Topliss-reactive ketones (excluding diaryl/α,β-unsaturated/α-hetero) is 1. The van der Waals surface area contributed by atoms with Crippen molar-refractivity contribution in [3.05, 3.63) is 63.1 Å². The number of benzene rings is 1. The van der Waals surface area contributed by atoms with Crippen molar-refractivity contribution in [3.8, 4) is 5.75 Å². The summed E-state index contributed by atoms with van der Waals surface area (Å²) < 4.78 is 33.0. The molecule has 0 unspecified atom stereocenters. The summed E-state index contributed by atoms with van der Waals surface area (Å²) in [5.41, 5.74) is -1.92. The molecule has 2 heterocycles. The highest BCUT2D eigenvalue weighted by Gasteiger charge is 2.37. The highest BCUT2D eigenvalue weighted by molar-refractivity contribution is 6.01. The van der Waals surface area contributed by atoms with Gasteiger partial charge in [0.05, 0.1) is 18.2 Å². The molecule has 1 aliphatic heterocycles. The fourth-order valence-electron chi connectivity index (χ4n) is 3.62. The van der Waals surface area contributed by atoms with E-state index in [0.717, 1.165) is 21.9 Å². The van der Waals surface area contributed by atoms with Crippen molar-refractivity contribution in [2.45, 2.75) is 32.7 Å². The Morgan fingerprint density at radius 1 is 1.24 bits per heavy atom. The van der Waals surface area contributed by atoms with Crippen molar-refractivity contribution in [2.24, 2.45) is 0 Å². The minimum absolute atomic E-state index is 0.0790. The lowest BCUT2D eigenvalue weighted by molar-refractivity contribution is -0.118. The first kappa shape index (κ1) is 24.1. The number of fused-ring (bicyclic) bond motifs is 1. The first-order valence-corrected chi connectivity index (χ1v) is 10.1. The number of hydrogen-bond acceptors (Lipinski definition) is 6. The number of aromatic hydroxyl groups is 1. The summed E-state index contributed by atoms with van der Waals surface area (Å²) in [4.78, 5) is 52.0. The van der Waals surface area contributed by atoms with Gasteiger partial charge in [0.2, 0.25) is 11.3 Å². The van der Waals surface area contributed by atoms with Crippen molar-refractivity contribution in [1.29, 1.82) is 0 Å². The Labute approximate surface area is 187 Å². The van der Waals surface area contributed by atoms with E-state index in [1.165, 1.54) is 25.0 Å². The third kappa shape index (κ3) is 4.63. The topological polar surface area (TPSA) is 109 Å². The minimum Gasteiger partial charge on any atom is -0.502 e. The molecular formula is C22H23F2N3O6. The van der Waals surface area contributed by atoms with Crippen LogP contribution in [0.3, 0.4) is 0 Å². The van der Waals surface area contributed by atoms with Crippen LogP contribution in [0.1, 0.15) is 46.7 Å². The molecule has 33 heavy (non-hydrogen) atoms. The standard InChI is InChI=1S/C22H23F2N3O6/c1-12(10-33-3)25-11-27(13(2)28)26-9-16(20(30)21(31)19(26)22(25)32)18(29)7-5-14-4-6-15(23)8-17(14)24/h4,6,8-9,12,31H,5,7,10-11H2,1-3H3/t12-/m0/s1. The molecule has 0 saturated heterocycles. The summed E-state index contributed by atoms with van der Waals surface area (Å²) in [6.45, 7) is 2.87. The Morgan fingerprint density at radius 3 is 2.55 bits per heavy atom. The van der Waals surface area contributed by atoms with Crippen LogP contribution in [0, 0.1) is 11.6 Å². The number of carbonyl (C=O) groups is 3.